The zero-order chi connectivity index (χ0) is 25.3. The van der Waals surface area contributed by atoms with Gasteiger partial charge >= 0.3 is 0 Å². The number of rotatable bonds is 4. The van der Waals surface area contributed by atoms with Crippen LogP contribution in [0.15, 0.2) is 150 Å². The van der Waals surface area contributed by atoms with Gasteiger partial charge in [0.2, 0.25) is 0 Å². The van der Waals surface area contributed by atoms with Gasteiger partial charge in [-0.2, -0.15) is 0 Å². The van der Waals surface area contributed by atoms with Gasteiger partial charge in [0.15, 0.2) is 5.84 Å². The molecule has 180 valence electrons. The molecule has 6 aromatic rings. The summed E-state index contributed by atoms with van der Waals surface area (Å²) >= 11 is 0. The molecule has 0 saturated heterocycles. The third kappa shape index (κ3) is 4.04. The molecule has 6 aromatic carbocycles. The van der Waals surface area contributed by atoms with Crippen LogP contribution in [0.25, 0.3) is 32.7 Å². The first-order chi connectivity index (χ1) is 18.8. The molecule has 0 amide bonds. The zero-order valence-corrected chi connectivity index (χ0v) is 20.8. The van der Waals surface area contributed by atoms with Crippen LogP contribution in [-0.2, 0) is 0 Å². The maximum atomic E-state index is 5.15. The van der Waals surface area contributed by atoms with Crippen LogP contribution in [0.1, 0.15) is 22.9 Å². The quantitative estimate of drug-likeness (QED) is 0.268. The van der Waals surface area contributed by atoms with Crippen LogP contribution >= 0.6 is 0 Å². The Balaban J connectivity index is 1.47. The van der Waals surface area contributed by atoms with E-state index < -0.39 is 0 Å². The summed E-state index contributed by atoms with van der Waals surface area (Å²) in [5.41, 5.74) is 5.49. The van der Waals surface area contributed by atoms with Crippen LogP contribution in [0.3, 0.4) is 0 Å². The minimum atomic E-state index is -0.248. The first kappa shape index (κ1) is 22.2. The summed E-state index contributed by atoms with van der Waals surface area (Å²) in [4.78, 5) is 10.2. The average molecular weight is 488 g/mol. The Morgan fingerprint density at radius 3 is 2.00 bits per heavy atom. The van der Waals surface area contributed by atoms with Crippen LogP contribution in [0.4, 0.5) is 0 Å². The summed E-state index contributed by atoms with van der Waals surface area (Å²) in [5, 5.41) is 8.47. The normalized spacial score (nSPS) is 15.1. The third-order valence-electron chi connectivity index (χ3n) is 7.12. The van der Waals surface area contributed by atoms with Crippen molar-refractivity contribution in [2.24, 2.45) is 9.98 Å². The number of hydrogen-bond acceptors (Lipinski definition) is 3. The molecule has 1 aliphatic rings. The highest BCUT2D eigenvalue weighted by molar-refractivity contribution is 6.20. The molecule has 1 N–H and O–H groups in total. The maximum absolute atomic E-state index is 5.15. The number of benzene rings is 6. The Morgan fingerprint density at radius 1 is 0.526 bits per heavy atom. The van der Waals surface area contributed by atoms with Crippen molar-refractivity contribution in [2.45, 2.75) is 6.17 Å². The molecule has 1 aliphatic heterocycles. The summed E-state index contributed by atoms with van der Waals surface area (Å²) in [6.45, 7) is 0. The Labute approximate surface area is 221 Å². The molecule has 1 atom stereocenters. The van der Waals surface area contributed by atoms with Gasteiger partial charge in [-0.3, -0.25) is 0 Å². The predicted octanol–water partition coefficient (Wildman–Crippen LogP) is 8.16. The lowest BCUT2D eigenvalue weighted by molar-refractivity contribution is 0.674. The Morgan fingerprint density at radius 2 is 1.18 bits per heavy atom. The van der Waals surface area contributed by atoms with E-state index in [9.17, 15) is 0 Å². The van der Waals surface area contributed by atoms with E-state index in [1.54, 1.807) is 0 Å². The summed E-state index contributed by atoms with van der Waals surface area (Å²) in [5.74, 6) is 1.55. The Bertz CT molecular complexity index is 1840. The average Bonchev–Trinajstić information content (AvgIpc) is 3.01. The SMILES string of the molecule is c1ccc(C2=NC(c3ccccc3)NC(c3c(-c4ccc5ccccc5c4)ccc4ccccc34)=N2)cc1. The molecule has 7 rings (SSSR count). The monoisotopic (exact) mass is 487 g/mol. The molecule has 0 spiro atoms. The molecule has 0 aliphatic carbocycles. The second kappa shape index (κ2) is 9.45. The van der Waals surface area contributed by atoms with Gasteiger partial charge in [0.1, 0.15) is 12.0 Å². The molecule has 38 heavy (non-hydrogen) atoms. The first-order valence-electron chi connectivity index (χ1n) is 12.9. The molecular weight excluding hydrogens is 462 g/mol. The number of hydrogen-bond donors (Lipinski definition) is 1. The van der Waals surface area contributed by atoms with Crippen molar-refractivity contribution in [3.8, 4) is 11.1 Å². The van der Waals surface area contributed by atoms with E-state index >= 15 is 0 Å². The molecule has 0 aromatic heterocycles. The predicted molar refractivity (Wildman–Crippen MR) is 159 cm³/mol. The highest BCUT2D eigenvalue weighted by Gasteiger charge is 2.24. The molecule has 0 saturated carbocycles. The van der Waals surface area contributed by atoms with E-state index in [0.29, 0.717) is 0 Å². The Kier molecular flexibility index (Phi) is 5.52. The summed E-state index contributed by atoms with van der Waals surface area (Å²) in [6.07, 6.45) is -0.248. The van der Waals surface area contributed by atoms with E-state index in [-0.39, 0.29) is 6.17 Å². The lowest BCUT2D eigenvalue weighted by Crippen LogP contribution is -2.34. The van der Waals surface area contributed by atoms with Gasteiger partial charge < -0.3 is 5.32 Å². The fourth-order valence-corrected chi connectivity index (χ4v) is 5.22. The summed E-state index contributed by atoms with van der Waals surface area (Å²) in [6, 6.07) is 48.7. The summed E-state index contributed by atoms with van der Waals surface area (Å²) in [7, 11) is 0. The van der Waals surface area contributed by atoms with Crippen LogP contribution < -0.4 is 5.32 Å². The molecule has 0 bridgehead atoms. The van der Waals surface area contributed by atoms with Gasteiger partial charge in [-0.05, 0) is 44.3 Å². The maximum Gasteiger partial charge on any atom is 0.159 e. The van der Waals surface area contributed by atoms with Crippen LogP contribution in [0, 0.1) is 0 Å². The van der Waals surface area contributed by atoms with Gasteiger partial charge in [-0.25, -0.2) is 9.98 Å². The van der Waals surface area contributed by atoms with E-state index in [1.807, 2.05) is 24.3 Å². The smallest absolute Gasteiger partial charge is 0.159 e. The van der Waals surface area contributed by atoms with Gasteiger partial charge in [0.05, 0.1) is 0 Å². The molecule has 1 heterocycles. The van der Waals surface area contributed by atoms with Crippen LogP contribution in [-0.4, -0.2) is 11.7 Å². The largest absolute Gasteiger partial charge is 0.344 e. The van der Waals surface area contributed by atoms with Crippen molar-refractivity contribution in [3.05, 3.63) is 156 Å². The van der Waals surface area contributed by atoms with Crippen molar-refractivity contribution < 1.29 is 0 Å². The molecule has 3 nitrogen and oxygen atoms in total. The highest BCUT2D eigenvalue weighted by atomic mass is 15.2. The number of fused-ring (bicyclic) bond motifs is 2. The fourth-order valence-electron chi connectivity index (χ4n) is 5.22. The van der Waals surface area contributed by atoms with Crippen molar-refractivity contribution in [1.29, 1.82) is 0 Å². The van der Waals surface area contributed by atoms with Crippen LogP contribution in [0.2, 0.25) is 0 Å². The van der Waals surface area contributed by atoms with Crippen molar-refractivity contribution in [1.82, 2.24) is 5.32 Å². The summed E-state index contributed by atoms with van der Waals surface area (Å²) < 4.78 is 0. The molecule has 3 heteroatoms. The van der Waals surface area contributed by atoms with Gasteiger partial charge in [0, 0.05) is 11.1 Å². The van der Waals surface area contributed by atoms with Crippen molar-refractivity contribution in [2.75, 3.05) is 0 Å². The van der Waals surface area contributed by atoms with E-state index in [4.69, 9.17) is 9.98 Å². The number of nitrogens with one attached hydrogen (secondary N) is 1. The van der Waals surface area contributed by atoms with E-state index in [2.05, 4.69) is 121 Å². The lowest BCUT2D eigenvalue weighted by atomic mass is 9.91. The first-order valence-corrected chi connectivity index (χ1v) is 12.9. The second-order valence-corrected chi connectivity index (χ2v) is 9.51. The van der Waals surface area contributed by atoms with Gasteiger partial charge in [-0.1, -0.05) is 133 Å². The number of aliphatic imine (C=N–C) groups is 2. The second-order valence-electron chi connectivity index (χ2n) is 9.51. The standard InChI is InChI=1S/C35H25N3/c1-3-13-26(14-4-1)33-36-34(27-15-5-2-6-16-27)38-35(37-33)32-30-18-10-9-12-25(30)21-22-31(32)29-20-19-24-11-7-8-17-28(24)23-29/h1-23,33H,(H,36,37,38). The van der Waals surface area contributed by atoms with Gasteiger partial charge in [-0.15, -0.1) is 0 Å². The van der Waals surface area contributed by atoms with E-state index in [1.165, 1.54) is 16.2 Å². The lowest BCUT2D eigenvalue weighted by Gasteiger charge is -2.26. The van der Waals surface area contributed by atoms with Gasteiger partial charge in [0.25, 0.3) is 0 Å². The number of nitrogens with zero attached hydrogens (tertiary/aromatic N) is 2. The number of amidine groups is 2. The Hall–Kier alpha value is -5.02. The molecule has 0 radical (unpaired) electrons. The van der Waals surface area contributed by atoms with Crippen molar-refractivity contribution >= 4 is 33.2 Å². The molecular formula is C35H25N3. The minimum absolute atomic E-state index is 0.248. The van der Waals surface area contributed by atoms with Crippen molar-refractivity contribution in [3.63, 3.8) is 0 Å². The topological polar surface area (TPSA) is 36.8 Å². The molecule has 0 fully saturated rings. The fraction of sp³-hybridized carbons (Fsp3) is 0.0286. The highest BCUT2D eigenvalue weighted by Crippen LogP contribution is 2.34. The van der Waals surface area contributed by atoms with E-state index in [0.717, 1.165) is 44.9 Å². The zero-order valence-electron chi connectivity index (χ0n) is 20.8. The van der Waals surface area contributed by atoms with Crippen LogP contribution in [0.5, 0.6) is 0 Å². The minimum Gasteiger partial charge on any atom is -0.344 e. The third-order valence-corrected chi connectivity index (χ3v) is 7.12. The molecule has 1 unspecified atom stereocenters.